The molecule has 0 saturated carbocycles. The van der Waals surface area contributed by atoms with Crippen LogP contribution in [0, 0.1) is 13.8 Å². The lowest BCUT2D eigenvalue weighted by Gasteiger charge is -2.19. The Balaban J connectivity index is 1.04. The van der Waals surface area contributed by atoms with Gasteiger partial charge in [0.2, 0.25) is 0 Å². The molecule has 0 amide bonds. The zero-order valence-electron chi connectivity index (χ0n) is 36.4. The molecule has 4 nitrogen and oxygen atoms in total. The van der Waals surface area contributed by atoms with Crippen LogP contribution in [0.2, 0.25) is 0 Å². The summed E-state index contributed by atoms with van der Waals surface area (Å²) in [5.74, 6) is 0. The normalized spacial score (nSPS) is 11.5. The Morgan fingerprint density at radius 1 is 0.303 bits per heavy atom. The van der Waals surface area contributed by atoms with Crippen molar-refractivity contribution in [1.82, 2.24) is 8.75 Å². The number of aromatic nitrogens is 2. The van der Waals surface area contributed by atoms with Crippen molar-refractivity contribution in [2.75, 3.05) is 0 Å². The van der Waals surface area contributed by atoms with Gasteiger partial charge in [0.05, 0.1) is 23.1 Å². The average Bonchev–Trinajstić information content (AvgIpc) is 4.07. The van der Waals surface area contributed by atoms with Crippen LogP contribution in [0.4, 0.5) is 11.4 Å². The summed E-state index contributed by atoms with van der Waals surface area (Å²) >= 11 is 2.46. The van der Waals surface area contributed by atoms with Crippen molar-refractivity contribution in [1.29, 1.82) is 0 Å². The minimum absolute atomic E-state index is 0.825. The molecule has 0 aliphatic carbocycles. The van der Waals surface area contributed by atoms with Gasteiger partial charge < -0.3 is 0 Å². The van der Waals surface area contributed by atoms with Gasteiger partial charge in [0.25, 0.3) is 0 Å². The fourth-order valence-corrected chi connectivity index (χ4v) is 10.2. The van der Waals surface area contributed by atoms with Crippen LogP contribution < -0.4 is 0 Å². The second-order valence-corrected chi connectivity index (χ2v) is 17.6. The molecule has 0 atom stereocenters. The molecule has 0 bridgehead atoms. The van der Waals surface area contributed by atoms with Gasteiger partial charge in [-0.15, -0.1) is 0 Å². The Hall–Kier alpha value is -7.90. The first-order valence-corrected chi connectivity index (χ1v) is 23.5. The molecular weight excluding hydrogens is 841 g/mol. The van der Waals surface area contributed by atoms with Crippen molar-refractivity contribution in [2.45, 2.75) is 13.8 Å². The number of aryl methyl sites for hydroxylation is 2. The van der Waals surface area contributed by atoms with Crippen LogP contribution in [0.25, 0.3) is 55.6 Å². The Labute approximate surface area is 393 Å². The highest BCUT2D eigenvalue weighted by Crippen LogP contribution is 2.52. The molecule has 0 N–H and O–H groups in total. The van der Waals surface area contributed by atoms with E-state index >= 15 is 0 Å². The first-order chi connectivity index (χ1) is 32.6. The van der Waals surface area contributed by atoms with Gasteiger partial charge >= 0.3 is 0 Å². The standard InChI is InChI=1S/C60H42N4S2/c1-39-23-27-45(28-24-39)53(51(41-15-7-3-8-16-41)42-17-9-4-10-18-42)47-31-35-49(36-32-47)55-57-59(63-65-61-57)56(60-58(55)62-66-64-60)50-37-33-48(34-38-50)54(46-29-25-40(2)26-30-46)52(43-19-11-5-12-20-43)44-21-13-6-14-22-44/h3-38H,1-2H3. The third-order valence-electron chi connectivity index (χ3n) is 12.3. The molecule has 1 aliphatic rings. The van der Waals surface area contributed by atoms with Gasteiger partial charge in [-0.25, -0.2) is 0 Å². The van der Waals surface area contributed by atoms with E-state index in [1.807, 2.05) is 0 Å². The molecular formula is C60H42N4S2. The van der Waals surface area contributed by atoms with Gasteiger partial charge in [0, 0.05) is 11.1 Å². The Morgan fingerprint density at radius 3 is 0.848 bits per heavy atom. The van der Waals surface area contributed by atoms with Crippen LogP contribution in [-0.4, -0.2) is 8.75 Å². The van der Waals surface area contributed by atoms with E-state index in [1.54, 1.807) is 0 Å². The van der Waals surface area contributed by atoms with E-state index in [1.165, 1.54) is 56.5 Å². The maximum Gasteiger partial charge on any atom is 0.115 e. The highest BCUT2D eigenvalue weighted by molar-refractivity contribution is 7.58. The first-order valence-electron chi connectivity index (χ1n) is 22.1. The average molecular weight is 883 g/mol. The molecule has 0 unspecified atom stereocenters. The monoisotopic (exact) mass is 882 g/mol. The van der Waals surface area contributed by atoms with E-state index in [-0.39, 0.29) is 0 Å². The number of fused-ring (bicyclic) bond motifs is 2. The molecule has 2 heterocycles. The molecule has 6 heteroatoms. The van der Waals surface area contributed by atoms with Gasteiger partial charge in [0.1, 0.15) is 22.4 Å². The highest BCUT2D eigenvalue weighted by Gasteiger charge is 2.27. The molecule has 9 aromatic carbocycles. The van der Waals surface area contributed by atoms with Crippen LogP contribution in [0.3, 0.4) is 0 Å². The van der Waals surface area contributed by atoms with E-state index in [9.17, 15) is 0 Å². The summed E-state index contributed by atoms with van der Waals surface area (Å²) in [7, 11) is 0. The summed E-state index contributed by atoms with van der Waals surface area (Å²) in [6.45, 7) is 4.27. The van der Waals surface area contributed by atoms with E-state index in [0.29, 0.717) is 0 Å². The van der Waals surface area contributed by atoms with Crippen molar-refractivity contribution < 1.29 is 0 Å². The predicted molar refractivity (Wildman–Crippen MR) is 278 cm³/mol. The second kappa shape index (κ2) is 17.9. The summed E-state index contributed by atoms with van der Waals surface area (Å²) in [5, 5.41) is 0. The van der Waals surface area contributed by atoms with E-state index < -0.39 is 0 Å². The van der Waals surface area contributed by atoms with Crippen molar-refractivity contribution in [2.24, 2.45) is 8.73 Å². The third kappa shape index (κ3) is 7.77. The Bertz CT molecular complexity index is 3180. The van der Waals surface area contributed by atoms with Crippen LogP contribution in [0.5, 0.6) is 0 Å². The van der Waals surface area contributed by atoms with Crippen molar-refractivity contribution in [3.63, 3.8) is 0 Å². The maximum atomic E-state index is 4.97. The molecule has 11 rings (SSSR count). The van der Waals surface area contributed by atoms with Gasteiger partial charge in [0.15, 0.2) is 0 Å². The Morgan fingerprint density at radius 2 is 0.561 bits per heavy atom. The van der Waals surface area contributed by atoms with E-state index in [2.05, 4.69) is 232 Å². The summed E-state index contributed by atoms with van der Waals surface area (Å²) in [6.07, 6.45) is 0. The van der Waals surface area contributed by atoms with Gasteiger partial charge in [-0.05, 0) is 91.8 Å². The number of hydrogen-bond acceptors (Lipinski definition) is 5. The molecule has 1 aliphatic heterocycles. The molecule has 66 heavy (non-hydrogen) atoms. The summed E-state index contributed by atoms with van der Waals surface area (Å²) in [4.78, 5) is 0. The minimum atomic E-state index is 0.825. The van der Waals surface area contributed by atoms with Gasteiger partial charge in [-0.2, -0.15) is 17.5 Å². The zero-order chi connectivity index (χ0) is 44.4. The molecule has 0 radical (unpaired) electrons. The summed E-state index contributed by atoms with van der Waals surface area (Å²) in [5.41, 5.74) is 23.5. The van der Waals surface area contributed by atoms with Crippen LogP contribution >= 0.6 is 11.7 Å². The lowest BCUT2D eigenvalue weighted by Crippen LogP contribution is -1.98. The molecule has 0 spiro atoms. The number of hydrogen-bond donors (Lipinski definition) is 0. The molecule has 1 aromatic heterocycles. The van der Waals surface area contributed by atoms with Crippen molar-refractivity contribution >= 4 is 67.8 Å². The summed E-state index contributed by atoms with van der Waals surface area (Å²) < 4.78 is 19.9. The van der Waals surface area contributed by atoms with Crippen LogP contribution in [0.1, 0.15) is 55.6 Å². The lowest BCUT2D eigenvalue weighted by molar-refractivity contribution is 1.44. The third-order valence-corrected chi connectivity index (χ3v) is 13.3. The topological polar surface area (TPSA) is 50.5 Å². The van der Waals surface area contributed by atoms with Gasteiger partial charge in [-0.3, -0.25) is 0 Å². The minimum Gasteiger partial charge on any atom is -0.172 e. The Kier molecular flexibility index (Phi) is 11.1. The smallest absolute Gasteiger partial charge is 0.115 e. The fraction of sp³-hybridized carbons (Fsp3) is 0.0333. The summed E-state index contributed by atoms with van der Waals surface area (Å²) in [6, 6.07) is 78.2. The maximum absolute atomic E-state index is 4.97. The molecule has 314 valence electrons. The van der Waals surface area contributed by atoms with E-state index in [4.69, 9.17) is 17.5 Å². The van der Waals surface area contributed by atoms with E-state index in [0.717, 1.165) is 89.2 Å². The second-order valence-electron chi connectivity index (χ2n) is 16.5. The SMILES string of the molecule is Cc1ccc(C(=C(c2ccccc2)c2ccccc2)c2ccc(-c3c4c(c(-c5ccc(C(=C(c6ccccc6)c6ccccc6)c6ccc(C)cc6)cc5)c5nsnc35)N=S=N4)cc2)cc1. The van der Waals surface area contributed by atoms with Crippen molar-refractivity contribution in [3.05, 3.63) is 274 Å². The number of rotatable bonds is 10. The quantitative estimate of drug-likeness (QED) is 0.129. The van der Waals surface area contributed by atoms with Crippen LogP contribution in [0.15, 0.2) is 227 Å². The highest BCUT2D eigenvalue weighted by atomic mass is 32.1. The molecule has 0 saturated heterocycles. The first kappa shape index (κ1) is 40.8. The van der Waals surface area contributed by atoms with Crippen LogP contribution in [-0.2, 0) is 11.4 Å². The number of nitrogens with zero attached hydrogens (tertiary/aromatic N) is 4. The molecule has 10 aromatic rings. The predicted octanol–water partition coefficient (Wildman–Crippen LogP) is 16.4. The van der Waals surface area contributed by atoms with Gasteiger partial charge in [-0.1, -0.05) is 230 Å². The number of benzene rings is 9. The largest absolute Gasteiger partial charge is 0.172 e. The lowest BCUT2D eigenvalue weighted by atomic mass is 9.84. The van der Waals surface area contributed by atoms with Crippen molar-refractivity contribution in [3.8, 4) is 22.3 Å². The zero-order valence-corrected chi connectivity index (χ0v) is 38.0. The fourth-order valence-electron chi connectivity index (χ4n) is 9.09. The molecule has 0 fully saturated rings.